The molecule has 0 amide bonds. The first-order valence-electron chi connectivity index (χ1n) is 5.31. The van der Waals surface area contributed by atoms with Gasteiger partial charge < -0.3 is 4.57 Å². The van der Waals surface area contributed by atoms with Crippen LogP contribution in [-0.2, 0) is 7.05 Å². The van der Waals surface area contributed by atoms with E-state index in [2.05, 4.69) is 53.1 Å². The monoisotopic (exact) mass is 208 g/mol. The fourth-order valence-corrected chi connectivity index (χ4v) is 2.08. The molecule has 2 heteroatoms. The smallest absolute Gasteiger partial charge is 0.0670 e. The highest BCUT2D eigenvalue weighted by Crippen LogP contribution is 2.28. The van der Waals surface area contributed by atoms with Crippen molar-refractivity contribution in [2.75, 3.05) is 0 Å². The topological polar surface area (TPSA) is 17.8 Å². The number of nitrogens with zero attached hydrogens (tertiary/aromatic N) is 2. The Morgan fingerprint density at radius 2 is 1.88 bits per heavy atom. The summed E-state index contributed by atoms with van der Waals surface area (Å²) in [4.78, 5) is 4.16. The van der Waals surface area contributed by atoms with Gasteiger partial charge in [-0.1, -0.05) is 30.3 Å². The zero-order chi connectivity index (χ0) is 11.0. The maximum Gasteiger partial charge on any atom is 0.0670 e. The van der Waals surface area contributed by atoms with Crippen LogP contribution in [-0.4, -0.2) is 9.55 Å². The molecule has 0 aliphatic carbocycles. The van der Waals surface area contributed by atoms with Crippen LogP contribution >= 0.6 is 0 Å². The minimum Gasteiger partial charge on any atom is -0.349 e. The molecule has 0 aliphatic heterocycles. The number of pyridine rings is 1. The van der Waals surface area contributed by atoms with Crippen molar-refractivity contribution in [1.82, 2.24) is 9.55 Å². The molecular weight excluding hydrogens is 196 g/mol. The van der Waals surface area contributed by atoms with Crippen LogP contribution in [0.2, 0.25) is 0 Å². The second-order valence-electron chi connectivity index (χ2n) is 3.91. The van der Waals surface area contributed by atoms with Gasteiger partial charge in [-0.2, -0.15) is 0 Å². The molecule has 0 saturated carbocycles. The molecule has 0 N–H and O–H groups in total. The van der Waals surface area contributed by atoms with Gasteiger partial charge >= 0.3 is 0 Å². The molecule has 16 heavy (non-hydrogen) atoms. The molecule has 2 nitrogen and oxygen atoms in total. The van der Waals surface area contributed by atoms with Crippen molar-refractivity contribution in [2.24, 2.45) is 7.05 Å². The highest BCUT2D eigenvalue weighted by Gasteiger charge is 2.07. The number of hydrogen-bond donors (Lipinski definition) is 0. The first-order valence-corrected chi connectivity index (χ1v) is 5.31. The molecule has 0 aliphatic rings. The molecule has 0 bridgehead atoms. The fourth-order valence-electron chi connectivity index (χ4n) is 2.08. The zero-order valence-corrected chi connectivity index (χ0v) is 9.09. The Morgan fingerprint density at radius 1 is 1.06 bits per heavy atom. The molecule has 2 heterocycles. The molecule has 0 saturated heterocycles. The number of fused-ring (bicyclic) bond motifs is 1. The summed E-state index contributed by atoms with van der Waals surface area (Å²) < 4.78 is 2.12. The van der Waals surface area contributed by atoms with Gasteiger partial charge in [0.05, 0.1) is 11.7 Å². The maximum atomic E-state index is 4.16. The minimum absolute atomic E-state index is 1.17. The Hall–Kier alpha value is -2.09. The first-order chi connectivity index (χ1) is 7.86. The van der Waals surface area contributed by atoms with E-state index in [1.807, 2.05) is 18.5 Å². The van der Waals surface area contributed by atoms with E-state index in [4.69, 9.17) is 0 Å². The maximum absolute atomic E-state index is 4.16. The van der Waals surface area contributed by atoms with Gasteiger partial charge in [0.1, 0.15) is 0 Å². The predicted octanol–water partition coefficient (Wildman–Crippen LogP) is 3.24. The Labute approximate surface area is 94.2 Å². The average molecular weight is 208 g/mol. The van der Waals surface area contributed by atoms with E-state index in [9.17, 15) is 0 Å². The largest absolute Gasteiger partial charge is 0.349 e. The van der Waals surface area contributed by atoms with Crippen LogP contribution in [0.1, 0.15) is 0 Å². The third-order valence-corrected chi connectivity index (χ3v) is 2.88. The summed E-state index contributed by atoms with van der Waals surface area (Å²) in [5, 5.41) is 1.25. The lowest BCUT2D eigenvalue weighted by Gasteiger charge is -1.97. The summed E-state index contributed by atoms with van der Waals surface area (Å²) in [6.45, 7) is 0. The fraction of sp³-hybridized carbons (Fsp3) is 0.0714. The zero-order valence-electron chi connectivity index (χ0n) is 9.09. The first kappa shape index (κ1) is 9.16. The van der Waals surface area contributed by atoms with Gasteiger partial charge in [-0.15, -0.1) is 0 Å². The SMILES string of the molecule is Cn1cc(-c2ccccc2)c2ccncc21. The summed E-state index contributed by atoms with van der Waals surface area (Å²) in [7, 11) is 2.05. The van der Waals surface area contributed by atoms with Crippen LogP contribution in [0, 0.1) is 0 Å². The molecule has 78 valence electrons. The molecule has 3 rings (SSSR count). The lowest BCUT2D eigenvalue weighted by Crippen LogP contribution is -1.83. The molecular formula is C14H12N2. The van der Waals surface area contributed by atoms with Crippen molar-refractivity contribution >= 4 is 10.9 Å². The molecule has 0 radical (unpaired) electrons. The molecule has 0 unspecified atom stereocenters. The van der Waals surface area contributed by atoms with Crippen molar-refractivity contribution in [3.63, 3.8) is 0 Å². The van der Waals surface area contributed by atoms with Gasteiger partial charge in [0.15, 0.2) is 0 Å². The predicted molar refractivity (Wildman–Crippen MR) is 66.2 cm³/mol. The lowest BCUT2D eigenvalue weighted by atomic mass is 10.1. The van der Waals surface area contributed by atoms with Gasteiger partial charge in [-0.25, -0.2) is 0 Å². The van der Waals surface area contributed by atoms with Crippen molar-refractivity contribution in [3.8, 4) is 11.1 Å². The molecule has 0 fully saturated rings. The lowest BCUT2D eigenvalue weighted by molar-refractivity contribution is 0.966. The Balaban J connectivity index is 2.33. The molecule has 0 spiro atoms. The van der Waals surface area contributed by atoms with E-state index in [1.54, 1.807) is 0 Å². The Kier molecular flexibility index (Phi) is 2.00. The third kappa shape index (κ3) is 1.31. The number of aryl methyl sites for hydroxylation is 1. The number of rotatable bonds is 1. The van der Waals surface area contributed by atoms with Gasteiger partial charge in [0.2, 0.25) is 0 Å². The van der Waals surface area contributed by atoms with E-state index in [-0.39, 0.29) is 0 Å². The molecule has 2 aromatic heterocycles. The summed E-state index contributed by atoms with van der Waals surface area (Å²) in [6.07, 6.45) is 5.90. The van der Waals surface area contributed by atoms with Gasteiger partial charge in [0, 0.05) is 30.4 Å². The van der Waals surface area contributed by atoms with E-state index in [0.29, 0.717) is 0 Å². The normalized spacial score (nSPS) is 10.8. The van der Waals surface area contributed by atoms with Crippen molar-refractivity contribution in [2.45, 2.75) is 0 Å². The second-order valence-corrected chi connectivity index (χ2v) is 3.91. The Bertz CT molecular complexity index is 624. The third-order valence-electron chi connectivity index (χ3n) is 2.88. The summed E-state index contributed by atoms with van der Waals surface area (Å²) >= 11 is 0. The van der Waals surface area contributed by atoms with E-state index in [0.717, 1.165) is 0 Å². The van der Waals surface area contributed by atoms with Crippen LogP contribution in [0.4, 0.5) is 0 Å². The second kappa shape index (κ2) is 3.49. The highest BCUT2D eigenvalue weighted by molar-refractivity contribution is 5.95. The molecule has 3 aromatic rings. The average Bonchev–Trinajstić information content (AvgIpc) is 2.69. The van der Waals surface area contributed by atoms with Gasteiger partial charge in [0.25, 0.3) is 0 Å². The number of hydrogen-bond acceptors (Lipinski definition) is 1. The summed E-state index contributed by atoms with van der Waals surface area (Å²) in [5.41, 5.74) is 3.68. The van der Waals surface area contributed by atoms with E-state index >= 15 is 0 Å². The van der Waals surface area contributed by atoms with Crippen LogP contribution < -0.4 is 0 Å². The summed E-state index contributed by atoms with van der Waals surface area (Å²) in [6, 6.07) is 12.5. The van der Waals surface area contributed by atoms with Gasteiger partial charge in [-0.3, -0.25) is 4.98 Å². The van der Waals surface area contributed by atoms with Crippen molar-refractivity contribution in [1.29, 1.82) is 0 Å². The minimum atomic E-state index is 1.17. The van der Waals surface area contributed by atoms with Crippen LogP contribution in [0.3, 0.4) is 0 Å². The standard InChI is InChI=1S/C14H12N2/c1-16-10-13(11-5-3-2-4-6-11)12-7-8-15-9-14(12)16/h2-10H,1H3. The van der Waals surface area contributed by atoms with Crippen LogP contribution in [0.25, 0.3) is 22.0 Å². The number of aromatic nitrogens is 2. The van der Waals surface area contributed by atoms with Gasteiger partial charge in [-0.05, 0) is 11.6 Å². The van der Waals surface area contributed by atoms with Crippen LogP contribution in [0.5, 0.6) is 0 Å². The van der Waals surface area contributed by atoms with E-state index < -0.39 is 0 Å². The molecule has 1 aromatic carbocycles. The number of benzene rings is 1. The van der Waals surface area contributed by atoms with E-state index in [1.165, 1.54) is 22.0 Å². The Morgan fingerprint density at radius 3 is 2.69 bits per heavy atom. The van der Waals surface area contributed by atoms with Crippen molar-refractivity contribution < 1.29 is 0 Å². The quantitative estimate of drug-likeness (QED) is 0.600. The molecule has 0 atom stereocenters. The highest BCUT2D eigenvalue weighted by atomic mass is 14.9. The van der Waals surface area contributed by atoms with Crippen molar-refractivity contribution in [3.05, 3.63) is 55.0 Å². The summed E-state index contributed by atoms with van der Waals surface area (Å²) in [5.74, 6) is 0. The van der Waals surface area contributed by atoms with Crippen LogP contribution in [0.15, 0.2) is 55.0 Å².